The molecule has 0 bridgehead atoms. The maximum absolute atomic E-state index is 4.69. The van der Waals surface area contributed by atoms with Crippen molar-refractivity contribution >= 4 is 11.0 Å². The highest BCUT2D eigenvalue weighted by atomic mass is 15.4. The number of aromatic amines is 1. The summed E-state index contributed by atoms with van der Waals surface area (Å²) in [5.41, 5.74) is 3.67. The van der Waals surface area contributed by atoms with Gasteiger partial charge in [-0.05, 0) is 36.5 Å². The van der Waals surface area contributed by atoms with E-state index in [4.69, 9.17) is 4.98 Å². The van der Waals surface area contributed by atoms with Crippen molar-refractivity contribution in [1.29, 1.82) is 0 Å². The van der Waals surface area contributed by atoms with E-state index in [-0.39, 0.29) is 0 Å². The molecule has 4 nitrogen and oxygen atoms in total. The van der Waals surface area contributed by atoms with E-state index < -0.39 is 0 Å². The van der Waals surface area contributed by atoms with Crippen LogP contribution in [0.2, 0.25) is 0 Å². The van der Waals surface area contributed by atoms with Crippen molar-refractivity contribution in [1.82, 2.24) is 19.7 Å². The van der Waals surface area contributed by atoms with Crippen molar-refractivity contribution in [2.45, 2.75) is 45.4 Å². The number of imidazole rings is 1. The molecular weight excluding hydrogens is 272 g/mol. The number of para-hydroxylation sites is 2. The van der Waals surface area contributed by atoms with Gasteiger partial charge in [-0.25, -0.2) is 9.67 Å². The third-order valence-corrected chi connectivity index (χ3v) is 5.48. The summed E-state index contributed by atoms with van der Waals surface area (Å²) in [5.74, 6) is 1.29. The van der Waals surface area contributed by atoms with Crippen LogP contribution in [-0.2, 0) is 0 Å². The smallest absolute Gasteiger partial charge is 0.229 e. The molecule has 114 valence electrons. The minimum atomic E-state index is 0.379. The molecule has 22 heavy (non-hydrogen) atoms. The molecule has 2 aromatic heterocycles. The fourth-order valence-corrected chi connectivity index (χ4v) is 3.83. The highest BCUT2D eigenvalue weighted by molar-refractivity contribution is 5.75. The van der Waals surface area contributed by atoms with Gasteiger partial charge in [0.25, 0.3) is 0 Å². The zero-order valence-electron chi connectivity index (χ0n) is 13.2. The maximum atomic E-state index is 4.69. The van der Waals surface area contributed by atoms with E-state index >= 15 is 0 Å². The Morgan fingerprint density at radius 1 is 1.18 bits per heavy atom. The van der Waals surface area contributed by atoms with Gasteiger partial charge >= 0.3 is 0 Å². The molecule has 1 aromatic carbocycles. The molecule has 4 rings (SSSR count). The summed E-state index contributed by atoms with van der Waals surface area (Å²) < 4.78 is 1.98. The molecule has 0 radical (unpaired) electrons. The lowest BCUT2D eigenvalue weighted by Gasteiger charge is -2.31. The number of hydrogen-bond acceptors (Lipinski definition) is 2. The number of benzene rings is 1. The summed E-state index contributed by atoms with van der Waals surface area (Å²) in [7, 11) is 0. The molecular formula is C18H22N4. The SMILES string of the molecule is CC(c1ccnn1-c1nc2ccccc2[nH]1)C1(C)CCCC1. The average Bonchev–Trinajstić information content (AvgIpc) is 3.25. The second-order valence-corrected chi connectivity index (χ2v) is 6.83. The zero-order chi connectivity index (χ0) is 15.2. The van der Waals surface area contributed by atoms with Crippen LogP contribution in [0.25, 0.3) is 17.0 Å². The summed E-state index contributed by atoms with van der Waals surface area (Å²) in [6.45, 7) is 4.75. The van der Waals surface area contributed by atoms with Gasteiger partial charge in [0.2, 0.25) is 5.95 Å². The van der Waals surface area contributed by atoms with Crippen LogP contribution in [0.5, 0.6) is 0 Å². The Bertz CT molecular complexity index is 759. The molecule has 3 aromatic rings. The van der Waals surface area contributed by atoms with Gasteiger partial charge in [-0.1, -0.05) is 38.8 Å². The number of rotatable bonds is 3. The molecule has 1 atom stereocenters. The Morgan fingerprint density at radius 3 is 2.73 bits per heavy atom. The van der Waals surface area contributed by atoms with E-state index in [1.165, 1.54) is 31.4 Å². The first kappa shape index (κ1) is 13.6. The maximum Gasteiger partial charge on any atom is 0.229 e. The van der Waals surface area contributed by atoms with E-state index in [1.54, 1.807) is 0 Å². The lowest BCUT2D eigenvalue weighted by Crippen LogP contribution is -2.22. The lowest BCUT2D eigenvalue weighted by atomic mass is 9.75. The number of H-pyrrole nitrogens is 1. The predicted molar refractivity (Wildman–Crippen MR) is 88.2 cm³/mol. The van der Waals surface area contributed by atoms with Crippen LogP contribution in [0.3, 0.4) is 0 Å². The number of fused-ring (bicyclic) bond motifs is 1. The molecule has 1 aliphatic carbocycles. The van der Waals surface area contributed by atoms with Crippen LogP contribution in [0, 0.1) is 5.41 Å². The first-order valence-corrected chi connectivity index (χ1v) is 8.16. The van der Waals surface area contributed by atoms with Gasteiger partial charge in [-0.3, -0.25) is 0 Å². The highest BCUT2D eigenvalue weighted by Crippen LogP contribution is 2.48. The Morgan fingerprint density at radius 2 is 1.95 bits per heavy atom. The fourth-order valence-electron chi connectivity index (χ4n) is 3.83. The minimum Gasteiger partial charge on any atom is -0.322 e. The normalized spacial score (nSPS) is 18.8. The first-order chi connectivity index (χ1) is 10.7. The van der Waals surface area contributed by atoms with Crippen LogP contribution < -0.4 is 0 Å². The van der Waals surface area contributed by atoms with Crippen molar-refractivity contribution in [2.24, 2.45) is 5.41 Å². The standard InChI is InChI=1S/C18H22N4/c1-13(18(2)10-5-6-11-18)16-9-12-19-22(16)17-20-14-7-3-4-8-15(14)21-17/h3-4,7-9,12-13H,5-6,10-11H2,1-2H3,(H,20,21). The van der Waals surface area contributed by atoms with Crippen molar-refractivity contribution in [3.8, 4) is 5.95 Å². The molecule has 1 fully saturated rings. The van der Waals surface area contributed by atoms with E-state index in [0.717, 1.165) is 17.0 Å². The minimum absolute atomic E-state index is 0.379. The van der Waals surface area contributed by atoms with Crippen LogP contribution in [0.15, 0.2) is 36.5 Å². The highest BCUT2D eigenvalue weighted by Gasteiger charge is 2.36. The van der Waals surface area contributed by atoms with E-state index in [2.05, 4.69) is 36.1 Å². The molecule has 1 unspecified atom stereocenters. The lowest BCUT2D eigenvalue weighted by molar-refractivity contribution is 0.268. The van der Waals surface area contributed by atoms with Gasteiger partial charge in [0.1, 0.15) is 0 Å². The van der Waals surface area contributed by atoms with Crippen LogP contribution >= 0.6 is 0 Å². The quantitative estimate of drug-likeness (QED) is 0.776. The average molecular weight is 294 g/mol. The molecule has 0 spiro atoms. The third kappa shape index (κ3) is 2.05. The summed E-state index contributed by atoms with van der Waals surface area (Å²) in [5, 5.41) is 4.53. The molecule has 0 aliphatic heterocycles. The number of aromatic nitrogens is 4. The Labute approximate surface area is 130 Å². The molecule has 1 saturated carbocycles. The largest absolute Gasteiger partial charge is 0.322 e. The monoisotopic (exact) mass is 294 g/mol. The van der Waals surface area contributed by atoms with E-state index in [1.807, 2.05) is 29.1 Å². The van der Waals surface area contributed by atoms with Gasteiger partial charge in [0.05, 0.1) is 16.7 Å². The van der Waals surface area contributed by atoms with Gasteiger partial charge in [-0.2, -0.15) is 5.10 Å². The second kappa shape index (κ2) is 4.97. The van der Waals surface area contributed by atoms with Gasteiger partial charge < -0.3 is 4.98 Å². The Hall–Kier alpha value is -2.10. The Balaban J connectivity index is 1.76. The van der Waals surface area contributed by atoms with E-state index in [9.17, 15) is 0 Å². The number of hydrogen-bond donors (Lipinski definition) is 1. The van der Waals surface area contributed by atoms with Gasteiger partial charge in [0.15, 0.2) is 0 Å². The molecule has 1 aliphatic rings. The summed E-state index contributed by atoms with van der Waals surface area (Å²) in [4.78, 5) is 8.08. The van der Waals surface area contributed by atoms with Crippen molar-refractivity contribution in [2.75, 3.05) is 0 Å². The van der Waals surface area contributed by atoms with Crippen molar-refractivity contribution in [3.63, 3.8) is 0 Å². The van der Waals surface area contributed by atoms with Crippen molar-refractivity contribution < 1.29 is 0 Å². The van der Waals surface area contributed by atoms with Gasteiger partial charge in [0, 0.05) is 12.1 Å². The van der Waals surface area contributed by atoms with Crippen molar-refractivity contribution in [3.05, 3.63) is 42.2 Å². The topological polar surface area (TPSA) is 46.5 Å². The molecule has 4 heteroatoms. The second-order valence-electron chi connectivity index (χ2n) is 6.83. The molecule has 0 saturated heterocycles. The fraction of sp³-hybridized carbons (Fsp3) is 0.444. The molecule has 2 heterocycles. The summed E-state index contributed by atoms with van der Waals surface area (Å²) >= 11 is 0. The number of nitrogens with one attached hydrogen (secondary N) is 1. The third-order valence-electron chi connectivity index (χ3n) is 5.48. The van der Waals surface area contributed by atoms with Crippen LogP contribution in [-0.4, -0.2) is 19.7 Å². The van der Waals surface area contributed by atoms with Crippen LogP contribution in [0.1, 0.15) is 51.1 Å². The predicted octanol–water partition coefficient (Wildman–Crippen LogP) is 4.43. The van der Waals surface area contributed by atoms with Gasteiger partial charge in [-0.15, -0.1) is 0 Å². The van der Waals surface area contributed by atoms with Crippen LogP contribution in [0.4, 0.5) is 0 Å². The first-order valence-electron chi connectivity index (χ1n) is 8.16. The zero-order valence-corrected chi connectivity index (χ0v) is 13.2. The summed E-state index contributed by atoms with van der Waals surface area (Å²) in [6.07, 6.45) is 7.19. The number of nitrogens with zero attached hydrogens (tertiary/aromatic N) is 3. The Kier molecular flexibility index (Phi) is 3.06. The molecule has 1 N–H and O–H groups in total. The van der Waals surface area contributed by atoms with E-state index in [0.29, 0.717) is 11.3 Å². The summed E-state index contributed by atoms with van der Waals surface area (Å²) in [6, 6.07) is 10.3. The molecule has 0 amide bonds.